The zero-order valence-electron chi connectivity index (χ0n) is 19.8. The molecule has 0 saturated carbocycles. The number of carbonyl (C=O) groups excluding carboxylic acids is 1. The topological polar surface area (TPSA) is 82.8 Å². The van der Waals surface area contributed by atoms with Crippen molar-refractivity contribution in [3.63, 3.8) is 0 Å². The lowest BCUT2D eigenvalue weighted by atomic mass is 10.0. The summed E-state index contributed by atoms with van der Waals surface area (Å²) < 4.78 is 40.7. The number of carbonyl (C=O) groups is 1. The fourth-order valence-corrected chi connectivity index (χ4v) is 4.19. The van der Waals surface area contributed by atoms with Crippen LogP contribution in [0.2, 0.25) is 0 Å². The Bertz CT molecular complexity index is 1550. The molecule has 1 aliphatic rings. The fourth-order valence-electron chi connectivity index (χ4n) is 4.19. The Kier molecular flexibility index (Phi) is 6.31. The van der Waals surface area contributed by atoms with Crippen LogP contribution < -0.4 is 10.2 Å². The summed E-state index contributed by atoms with van der Waals surface area (Å²) >= 11 is 0. The summed E-state index contributed by atoms with van der Waals surface area (Å²) in [7, 11) is 0. The predicted octanol–water partition coefficient (Wildman–Crippen LogP) is 4.28. The lowest BCUT2D eigenvalue weighted by Gasteiger charge is -2.16. The summed E-state index contributed by atoms with van der Waals surface area (Å²) in [6, 6.07) is 13.2. The molecule has 1 atom stereocenters. The van der Waals surface area contributed by atoms with E-state index >= 15 is 0 Å². The minimum atomic E-state index is -4.50. The summed E-state index contributed by atoms with van der Waals surface area (Å²) in [6.07, 6.45) is -2.58. The third kappa shape index (κ3) is 5.13. The Morgan fingerprint density at radius 3 is 2.70 bits per heavy atom. The first kappa shape index (κ1) is 24.3. The highest BCUT2D eigenvalue weighted by molar-refractivity contribution is 6.05. The minimum Gasteiger partial charge on any atom is -0.391 e. The first-order valence-corrected chi connectivity index (χ1v) is 11.6. The molecule has 0 radical (unpaired) electrons. The van der Waals surface area contributed by atoms with Crippen LogP contribution in [0.25, 0.3) is 5.65 Å². The van der Waals surface area contributed by atoms with Gasteiger partial charge in [0.1, 0.15) is 11.5 Å². The molecule has 1 amide bonds. The van der Waals surface area contributed by atoms with E-state index in [1.165, 1.54) is 12.1 Å². The Morgan fingerprint density at radius 1 is 1.14 bits per heavy atom. The third-order valence-corrected chi connectivity index (χ3v) is 6.19. The van der Waals surface area contributed by atoms with Crippen molar-refractivity contribution in [2.45, 2.75) is 25.6 Å². The highest BCUT2D eigenvalue weighted by atomic mass is 19.4. The number of aromatic nitrogens is 3. The van der Waals surface area contributed by atoms with Crippen LogP contribution in [0.15, 0.2) is 60.8 Å². The molecular weight excluding hydrogens is 483 g/mol. The number of imidazole rings is 1. The van der Waals surface area contributed by atoms with E-state index in [-0.39, 0.29) is 11.8 Å². The average Bonchev–Trinajstić information content (AvgIpc) is 3.48. The molecule has 3 heterocycles. The molecule has 0 unspecified atom stereocenters. The van der Waals surface area contributed by atoms with Gasteiger partial charge in [0.05, 0.1) is 17.9 Å². The lowest BCUT2D eigenvalue weighted by molar-refractivity contribution is -0.137. The van der Waals surface area contributed by atoms with Gasteiger partial charge in [-0.05, 0) is 67.3 Å². The molecule has 7 nitrogen and oxygen atoms in total. The number of aliphatic hydroxyl groups excluding tert-OH is 1. The van der Waals surface area contributed by atoms with Crippen molar-refractivity contribution >= 4 is 23.1 Å². The van der Waals surface area contributed by atoms with Crippen molar-refractivity contribution in [2.75, 3.05) is 23.3 Å². The molecule has 10 heteroatoms. The Hall–Kier alpha value is -4.36. The standard InChI is InChI=1S/C27H22F3N5O2/c1-17-18(4-2-7-23(17)26(37)32-20-6-3-5-19(14-20)27(28,29)30)8-9-21-15-31-24-10-11-25(33-35(21)24)34-13-12-22(36)16-34/h2-7,10-11,14-15,22,36H,12-13,16H2,1H3,(H,32,37)/t22-/m0/s1. The van der Waals surface area contributed by atoms with Crippen LogP contribution >= 0.6 is 0 Å². The fraction of sp³-hybridized carbons (Fsp3) is 0.222. The Labute approximate surface area is 210 Å². The average molecular weight is 506 g/mol. The van der Waals surface area contributed by atoms with Gasteiger partial charge in [0, 0.05) is 29.9 Å². The van der Waals surface area contributed by atoms with Gasteiger partial charge in [-0.2, -0.15) is 13.2 Å². The van der Waals surface area contributed by atoms with E-state index in [4.69, 9.17) is 0 Å². The first-order valence-electron chi connectivity index (χ1n) is 11.6. The number of amides is 1. The molecule has 188 valence electrons. The number of nitrogens with zero attached hydrogens (tertiary/aromatic N) is 4. The number of benzene rings is 2. The largest absolute Gasteiger partial charge is 0.416 e. The van der Waals surface area contributed by atoms with Gasteiger partial charge in [-0.3, -0.25) is 4.79 Å². The quantitative estimate of drug-likeness (QED) is 0.406. The lowest BCUT2D eigenvalue weighted by Crippen LogP contribution is -2.22. The van der Waals surface area contributed by atoms with Crippen molar-refractivity contribution in [1.82, 2.24) is 14.6 Å². The number of alkyl halides is 3. The zero-order chi connectivity index (χ0) is 26.2. The van der Waals surface area contributed by atoms with Gasteiger partial charge in [-0.15, -0.1) is 5.10 Å². The second-order valence-electron chi connectivity index (χ2n) is 8.75. The SMILES string of the molecule is Cc1c(C#Cc2cnc3ccc(N4CC[C@H](O)C4)nn23)cccc1C(=O)Nc1cccc(C(F)(F)F)c1. The molecular formula is C27H22F3N5O2. The number of hydrogen-bond donors (Lipinski definition) is 2. The third-order valence-electron chi connectivity index (χ3n) is 6.19. The first-order chi connectivity index (χ1) is 17.7. The Balaban J connectivity index is 1.40. The van der Waals surface area contributed by atoms with E-state index in [1.54, 1.807) is 35.8 Å². The normalized spacial score (nSPS) is 15.5. The van der Waals surface area contributed by atoms with E-state index in [0.717, 1.165) is 18.0 Å². The molecule has 2 aromatic heterocycles. The maximum absolute atomic E-state index is 13.0. The summed E-state index contributed by atoms with van der Waals surface area (Å²) in [5.41, 5.74) is 1.86. The summed E-state index contributed by atoms with van der Waals surface area (Å²) in [6.45, 7) is 2.96. The van der Waals surface area contributed by atoms with Crippen LogP contribution in [0.3, 0.4) is 0 Å². The van der Waals surface area contributed by atoms with Crippen LogP contribution in [0.4, 0.5) is 24.7 Å². The molecule has 5 rings (SSSR count). The van der Waals surface area contributed by atoms with E-state index in [0.29, 0.717) is 47.5 Å². The molecule has 1 saturated heterocycles. The molecule has 2 N–H and O–H groups in total. The Morgan fingerprint density at radius 2 is 1.95 bits per heavy atom. The highest BCUT2D eigenvalue weighted by Crippen LogP contribution is 2.31. The summed E-state index contributed by atoms with van der Waals surface area (Å²) in [5.74, 6) is 6.30. The van der Waals surface area contributed by atoms with E-state index in [1.807, 2.05) is 17.0 Å². The van der Waals surface area contributed by atoms with Crippen LogP contribution in [0.1, 0.15) is 39.2 Å². The van der Waals surface area contributed by atoms with Crippen LogP contribution in [-0.4, -0.2) is 44.8 Å². The minimum absolute atomic E-state index is 0.0499. The number of aliphatic hydroxyl groups is 1. The van der Waals surface area contributed by atoms with Crippen molar-refractivity contribution in [3.05, 3.63) is 88.7 Å². The molecule has 0 spiro atoms. The number of halogens is 3. The van der Waals surface area contributed by atoms with E-state index in [9.17, 15) is 23.1 Å². The van der Waals surface area contributed by atoms with Crippen molar-refractivity contribution < 1.29 is 23.1 Å². The van der Waals surface area contributed by atoms with Gasteiger partial charge >= 0.3 is 6.18 Å². The number of fused-ring (bicyclic) bond motifs is 1. The van der Waals surface area contributed by atoms with Crippen LogP contribution in [-0.2, 0) is 6.18 Å². The van der Waals surface area contributed by atoms with Crippen molar-refractivity contribution in [3.8, 4) is 11.8 Å². The second kappa shape index (κ2) is 9.59. The van der Waals surface area contributed by atoms with Crippen molar-refractivity contribution in [1.29, 1.82) is 0 Å². The van der Waals surface area contributed by atoms with Crippen molar-refractivity contribution in [2.24, 2.45) is 0 Å². The zero-order valence-corrected chi connectivity index (χ0v) is 19.8. The van der Waals surface area contributed by atoms with Crippen LogP contribution in [0, 0.1) is 18.8 Å². The molecule has 0 bridgehead atoms. The van der Waals surface area contributed by atoms with Gasteiger partial charge in [-0.1, -0.05) is 18.1 Å². The number of hydrogen-bond acceptors (Lipinski definition) is 5. The summed E-state index contributed by atoms with van der Waals surface area (Å²) in [4.78, 5) is 19.2. The second-order valence-corrected chi connectivity index (χ2v) is 8.75. The maximum atomic E-state index is 13.0. The smallest absolute Gasteiger partial charge is 0.391 e. The van der Waals surface area contributed by atoms with Gasteiger partial charge in [0.25, 0.3) is 5.91 Å². The molecule has 0 aliphatic carbocycles. The van der Waals surface area contributed by atoms with E-state index in [2.05, 4.69) is 27.2 Å². The maximum Gasteiger partial charge on any atom is 0.416 e. The predicted molar refractivity (Wildman–Crippen MR) is 132 cm³/mol. The van der Waals surface area contributed by atoms with Gasteiger partial charge in [-0.25, -0.2) is 9.50 Å². The molecule has 2 aromatic carbocycles. The van der Waals surface area contributed by atoms with Gasteiger partial charge in [0.2, 0.25) is 0 Å². The molecule has 37 heavy (non-hydrogen) atoms. The van der Waals surface area contributed by atoms with Gasteiger partial charge in [0.15, 0.2) is 5.65 Å². The molecule has 1 aliphatic heterocycles. The molecule has 4 aromatic rings. The monoisotopic (exact) mass is 505 g/mol. The summed E-state index contributed by atoms with van der Waals surface area (Å²) in [5, 5.41) is 17.0. The highest BCUT2D eigenvalue weighted by Gasteiger charge is 2.30. The number of β-amino-alcohol motifs (C(OH)–C–C–N with tert-alkyl or cyclic N) is 1. The van der Waals surface area contributed by atoms with Crippen LogP contribution in [0.5, 0.6) is 0 Å². The van der Waals surface area contributed by atoms with Gasteiger partial charge < -0.3 is 15.3 Å². The molecule has 1 fully saturated rings. The number of anilines is 2. The number of rotatable bonds is 3. The number of nitrogens with one attached hydrogen (secondary N) is 1. The van der Waals surface area contributed by atoms with E-state index < -0.39 is 17.6 Å².